The van der Waals surface area contributed by atoms with Crippen molar-refractivity contribution < 1.29 is 4.74 Å². The molecule has 16 heavy (non-hydrogen) atoms. The molecule has 0 aromatic heterocycles. The lowest BCUT2D eigenvalue weighted by atomic mass is 9.94. The van der Waals surface area contributed by atoms with Crippen LogP contribution in [0.2, 0.25) is 0 Å². The van der Waals surface area contributed by atoms with Crippen molar-refractivity contribution >= 4 is 31.9 Å². The van der Waals surface area contributed by atoms with Gasteiger partial charge in [0.25, 0.3) is 0 Å². The van der Waals surface area contributed by atoms with E-state index in [2.05, 4.69) is 51.8 Å². The fourth-order valence-electron chi connectivity index (χ4n) is 1.88. The van der Waals surface area contributed by atoms with E-state index in [1.54, 1.807) is 7.11 Å². The molecular formula is C13H18Br2O. The molecule has 0 aliphatic rings. The predicted molar refractivity (Wildman–Crippen MR) is 76.4 cm³/mol. The Balaban J connectivity index is 3.04. The van der Waals surface area contributed by atoms with Crippen LogP contribution in [0.3, 0.4) is 0 Å². The van der Waals surface area contributed by atoms with Crippen LogP contribution < -0.4 is 4.74 Å². The Morgan fingerprint density at radius 1 is 1.25 bits per heavy atom. The molecule has 90 valence electrons. The SMILES string of the molecule is CCC(CC)C(Br)c1cc(Br)ccc1OC. The van der Waals surface area contributed by atoms with Crippen LogP contribution in [-0.2, 0) is 0 Å². The van der Waals surface area contributed by atoms with E-state index in [9.17, 15) is 0 Å². The Labute approximate surface area is 115 Å². The maximum Gasteiger partial charge on any atom is 0.123 e. The zero-order chi connectivity index (χ0) is 12.1. The Morgan fingerprint density at radius 2 is 1.88 bits per heavy atom. The van der Waals surface area contributed by atoms with Crippen LogP contribution in [0.5, 0.6) is 5.75 Å². The van der Waals surface area contributed by atoms with Gasteiger partial charge in [-0.1, -0.05) is 58.5 Å². The zero-order valence-electron chi connectivity index (χ0n) is 9.97. The summed E-state index contributed by atoms with van der Waals surface area (Å²) in [6.07, 6.45) is 2.34. The van der Waals surface area contributed by atoms with Gasteiger partial charge in [0.2, 0.25) is 0 Å². The van der Waals surface area contributed by atoms with Gasteiger partial charge in [-0.25, -0.2) is 0 Å². The molecule has 1 aromatic carbocycles. The minimum atomic E-state index is 0.356. The van der Waals surface area contributed by atoms with E-state index in [1.165, 1.54) is 18.4 Å². The van der Waals surface area contributed by atoms with E-state index in [4.69, 9.17) is 4.74 Å². The highest BCUT2D eigenvalue weighted by Crippen LogP contribution is 2.40. The first-order valence-electron chi connectivity index (χ1n) is 5.61. The smallest absolute Gasteiger partial charge is 0.123 e. The molecule has 0 saturated carbocycles. The summed E-state index contributed by atoms with van der Waals surface area (Å²) in [7, 11) is 1.72. The first-order chi connectivity index (χ1) is 7.63. The number of rotatable bonds is 5. The van der Waals surface area contributed by atoms with E-state index in [1.807, 2.05) is 12.1 Å². The van der Waals surface area contributed by atoms with Gasteiger partial charge >= 0.3 is 0 Å². The maximum absolute atomic E-state index is 5.41. The molecule has 0 aliphatic heterocycles. The molecule has 0 saturated heterocycles. The largest absolute Gasteiger partial charge is 0.496 e. The fourth-order valence-corrected chi connectivity index (χ4v) is 3.36. The van der Waals surface area contributed by atoms with Gasteiger partial charge in [-0.3, -0.25) is 0 Å². The van der Waals surface area contributed by atoms with Crippen molar-refractivity contribution in [1.29, 1.82) is 0 Å². The highest BCUT2D eigenvalue weighted by molar-refractivity contribution is 9.10. The van der Waals surface area contributed by atoms with Crippen molar-refractivity contribution in [3.05, 3.63) is 28.2 Å². The molecule has 0 spiro atoms. The lowest BCUT2D eigenvalue weighted by Crippen LogP contribution is -2.07. The van der Waals surface area contributed by atoms with Crippen LogP contribution >= 0.6 is 31.9 Å². The second kappa shape index (κ2) is 6.65. The minimum absolute atomic E-state index is 0.356. The molecular weight excluding hydrogens is 332 g/mol. The number of halogens is 2. The molecule has 1 unspecified atom stereocenters. The summed E-state index contributed by atoms with van der Waals surface area (Å²) in [6, 6.07) is 6.15. The van der Waals surface area contributed by atoms with Gasteiger partial charge in [0.15, 0.2) is 0 Å². The van der Waals surface area contributed by atoms with Crippen molar-refractivity contribution in [3.8, 4) is 5.75 Å². The molecule has 0 N–H and O–H groups in total. The van der Waals surface area contributed by atoms with Crippen molar-refractivity contribution in [2.45, 2.75) is 31.5 Å². The molecule has 0 amide bonds. The number of methoxy groups -OCH3 is 1. The Kier molecular flexibility index (Phi) is 5.84. The van der Waals surface area contributed by atoms with E-state index < -0.39 is 0 Å². The number of alkyl halides is 1. The molecule has 0 radical (unpaired) electrons. The van der Waals surface area contributed by atoms with Crippen molar-refractivity contribution in [2.75, 3.05) is 7.11 Å². The lowest BCUT2D eigenvalue weighted by molar-refractivity contribution is 0.400. The quantitative estimate of drug-likeness (QED) is 0.653. The van der Waals surface area contributed by atoms with E-state index >= 15 is 0 Å². The molecule has 0 heterocycles. The van der Waals surface area contributed by atoms with Gasteiger partial charge < -0.3 is 4.74 Å². The number of benzene rings is 1. The molecule has 1 nitrogen and oxygen atoms in total. The highest BCUT2D eigenvalue weighted by Gasteiger charge is 2.20. The van der Waals surface area contributed by atoms with Crippen molar-refractivity contribution in [2.24, 2.45) is 5.92 Å². The first-order valence-corrected chi connectivity index (χ1v) is 7.32. The van der Waals surface area contributed by atoms with E-state index in [0.29, 0.717) is 10.7 Å². The van der Waals surface area contributed by atoms with Crippen LogP contribution in [0.1, 0.15) is 37.1 Å². The van der Waals surface area contributed by atoms with Crippen LogP contribution in [0.4, 0.5) is 0 Å². The Hall–Kier alpha value is -0.0200. The molecule has 0 aliphatic carbocycles. The summed E-state index contributed by atoms with van der Waals surface area (Å²) in [6.45, 7) is 4.46. The normalized spacial score (nSPS) is 12.9. The average Bonchev–Trinajstić information content (AvgIpc) is 2.30. The second-order valence-corrected chi connectivity index (χ2v) is 5.77. The lowest BCUT2D eigenvalue weighted by Gasteiger charge is -2.22. The summed E-state index contributed by atoms with van der Waals surface area (Å²) in [5.41, 5.74) is 1.23. The topological polar surface area (TPSA) is 9.23 Å². The van der Waals surface area contributed by atoms with Gasteiger partial charge in [-0.15, -0.1) is 0 Å². The molecule has 0 fully saturated rings. The van der Waals surface area contributed by atoms with Crippen molar-refractivity contribution in [1.82, 2.24) is 0 Å². The van der Waals surface area contributed by atoms with Gasteiger partial charge in [0.05, 0.1) is 7.11 Å². The molecule has 1 rings (SSSR count). The van der Waals surface area contributed by atoms with E-state index in [-0.39, 0.29) is 0 Å². The number of hydrogen-bond acceptors (Lipinski definition) is 1. The fraction of sp³-hybridized carbons (Fsp3) is 0.538. The van der Waals surface area contributed by atoms with Crippen molar-refractivity contribution in [3.63, 3.8) is 0 Å². The van der Waals surface area contributed by atoms with Gasteiger partial charge in [0, 0.05) is 14.9 Å². The third-order valence-electron chi connectivity index (χ3n) is 2.95. The van der Waals surface area contributed by atoms with Crippen LogP contribution in [0.15, 0.2) is 22.7 Å². The first kappa shape index (κ1) is 14.0. The number of ether oxygens (including phenoxy) is 1. The third-order valence-corrected chi connectivity index (χ3v) is 4.69. The minimum Gasteiger partial charge on any atom is -0.496 e. The summed E-state index contributed by atoms with van der Waals surface area (Å²) < 4.78 is 6.51. The second-order valence-electron chi connectivity index (χ2n) is 3.86. The average molecular weight is 350 g/mol. The summed E-state index contributed by atoms with van der Waals surface area (Å²) in [5, 5.41) is 0. The monoisotopic (exact) mass is 348 g/mol. The van der Waals surface area contributed by atoms with Gasteiger partial charge in [-0.05, 0) is 24.1 Å². The number of hydrogen-bond donors (Lipinski definition) is 0. The Morgan fingerprint density at radius 3 is 2.38 bits per heavy atom. The van der Waals surface area contributed by atoms with Crippen LogP contribution in [-0.4, -0.2) is 7.11 Å². The van der Waals surface area contributed by atoms with Crippen LogP contribution in [0, 0.1) is 5.92 Å². The molecule has 0 bridgehead atoms. The third kappa shape index (κ3) is 3.24. The summed E-state index contributed by atoms with van der Waals surface area (Å²) >= 11 is 7.31. The standard InChI is InChI=1S/C13H18Br2O/c1-4-9(5-2)13(15)11-8-10(14)6-7-12(11)16-3/h6-9,13H,4-5H2,1-3H3. The highest BCUT2D eigenvalue weighted by atomic mass is 79.9. The molecule has 1 aromatic rings. The maximum atomic E-state index is 5.41. The van der Waals surface area contributed by atoms with Crippen LogP contribution in [0.25, 0.3) is 0 Å². The van der Waals surface area contributed by atoms with Gasteiger partial charge in [0.1, 0.15) is 5.75 Å². The molecule has 1 atom stereocenters. The summed E-state index contributed by atoms with van der Waals surface area (Å²) in [4.78, 5) is 0.356. The summed E-state index contributed by atoms with van der Waals surface area (Å²) in [5.74, 6) is 1.60. The molecule has 3 heteroatoms. The predicted octanol–water partition coefficient (Wildman–Crippen LogP) is 5.33. The Bertz CT molecular complexity index is 335. The zero-order valence-corrected chi connectivity index (χ0v) is 13.1. The van der Waals surface area contributed by atoms with Gasteiger partial charge in [-0.2, -0.15) is 0 Å². The van der Waals surface area contributed by atoms with E-state index in [0.717, 1.165) is 10.2 Å².